The molecule has 0 saturated heterocycles. The third kappa shape index (κ3) is 3.98. The number of phenols is 1. The Kier molecular flexibility index (Phi) is 5.00. The van der Waals surface area contributed by atoms with E-state index in [9.17, 15) is 5.11 Å². The van der Waals surface area contributed by atoms with Crippen molar-refractivity contribution in [1.82, 2.24) is 0 Å². The molecule has 2 nitrogen and oxygen atoms in total. The molecule has 1 aromatic carbocycles. The van der Waals surface area contributed by atoms with Crippen LogP contribution in [0, 0.1) is 0 Å². The van der Waals surface area contributed by atoms with E-state index in [-0.39, 0.29) is 5.75 Å². The van der Waals surface area contributed by atoms with Crippen LogP contribution in [-0.4, -0.2) is 17.5 Å². The van der Waals surface area contributed by atoms with Gasteiger partial charge in [-0.1, -0.05) is 19.3 Å². The molecule has 1 aliphatic carbocycles. The van der Waals surface area contributed by atoms with E-state index in [0.717, 1.165) is 10.8 Å². The van der Waals surface area contributed by atoms with E-state index < -0.39 is 0 Å². The normalized spacial score (nSPS) is 17.2. The lowest BCUT2D eigenvalue weighted by Crippen LogP contribution is -2.06. The first-order chi connectivity index (χ1) is 8.78. The molecule has 2 rings (SSSR count). The highest BCUT2D eigenvalue weighted by atomic mass is 32.2. The summed E-state index contributed by atoms with van der Waals surface area (Å²) in [7, 11) is 1.61. The molecule has 1 fully saturated rings. The number of hydrogen-bond donors (Lipinski definition) is 1. The van der Waals surface area contributed by atoms with Gasteiger partial charge in [0.25, 0.3) is 0 Å². The summed E-state index contributed by atoms with van der Waals surface area (Å²) >= 11 is 1.91. The molecular weight excluding hydrogens is 244 g/mol. The fraction of sp³-hybridized carbons (Fsp3) is 0.467. The summed E-state index contributed by atoms with van der Waals surface area (Å²) in [4.78, 5) is 0. The van der Waals surface area contributed by atoms with Gasteiger partial charge >= 0.3 is 0 Å². The van der Waals surface area contributed by atoms with E-state index in [0.29, 0.717) is 5.75 Å². The van der Waals surface area contributed by atoms with Crippen molar-refractivity contribution in [3.05, 3.63) is 29.2 Å². The Morgan fingerprint density at radius 2 is 2.00 bits per heavy atom. The van der Waals surface area contributed by atoms with E-state index in [1.54, 1.807) is 19.2 Å². The molecule has 0 spiro atoms. The molecule has 0 amide bonds. The Bertz CT molecular complexity index is 409. The minimum Gasteiger partial charge on any atom is -0.508 e. The van der Waals surface area contributed by atoms with Crippen molar-refractivity contribution in [2.24, 2.45) is 0 Å². The van der Waals surface area contributed by atoms with Crippen molar-refractivity contribution in [3.8, 4) is 11.5 Å². The van der Waals surface area contributed by atoms with Crippen LogP contribution in [0.1, 0.15) is 37.7 Å². The second-order valence-electron chi connectivity index (χ2n) is 4.66. The van der Waals surface area contributed by atoms with Crippen LogP contribution in [0.4, 0.5) is 0 Å². The van der Waals surface area contributed by atoms with Gasteiger partial charge in [-0.2, -0.15) is 0 Å². The fourth-order valence-electron chi connectivity index (χ4n) is 2.25. The van der Waals surface area contributed by atoms with Gasteiger partial charge in [-0.15, -0.1) is 11.8 Å². The largest absolute Gasteiger partial charge is 0.508 e. The van der Waals surface area contributed by atoms with Crippen LogP contribution in [0.5, 0.6) is 11.5 Å². The summed E-state index contributed by atoms with van der Waals surface area (Å²) in [5.41, 5.74) is 0.982. The average molecular weight is 264 g/mol. The summed E-state index contributed by atoms with van der Waals surface area (Å²) in [6.07, 6.45) is 8.83. The lowest BCUT2D eigenvalue weighted by molar-refractivity contribution is 0.407. The Labute approximate surface area is 113 Å². The van der Waals surface area contributed by atoms with Gasteiger partial charge in [0.1, 0.15) is 11.5 Å². The molecule has 0 heterocycles. The summed E-state index contributed by atoms with van der Waals surface area (Å²) in [6.45, 7) is 0. The monoisotopic (exact) mass is 264 g/mol. The number of thioether (sulfide) groups is 1. The Morgan fingerprint density at radius 3 is 2.72 bits per heavy atom. The van der Waals surface area contributed by atoms with E-state index in [4.69, 9.17) is 4.74 Å². The molecule has 0 atom stereocenters. The number of hydrogen-bond acceptors (Lipinski definition) is 3. The molecule has 0 aliphatic heterocycles. The van der Waals surface area contributed by atoms with Crippen LogP contribution >= 0.6 is 11.8 Å². The van der Waals surface area contributed by atoms with E-state index in [2.05, 4.69) is 5.41 Å². The zero-order valence-corrected chi connectivity index (χ0v) is 11.6. The van der Waals surface area contributed by atoms with Crippen molar-refractivity contribution in [3.63, 3.8) is 0 Å². The van der Waals surface area contributed by atoms with Crippen LogP contribution in [0.15, 0.2) is 23.6 Å². The third-order valence-electron chi connectivity index (χ3n) is 3.23. The zero-order chi connectivity index (χ0) is 12.8. The van der Waals surface area contributed by atoms with Crippen molar-refractivity contribution in [2.45, 2.75) is 37.4 Å². The number of aromatic hydroxyl groups is 1. The van der Waals surface area contributed by atoms with Gasteiger partial charge in [0.05, 0.1) is 7.11 Å². The van der Waals surface area contributed by atoms with Crippen molar-refractivity contribution in [2.75, 3.05) is 7.11 Å². The molecule has 1 N–H and O–H groups in total. The highest BCUT2D eigenvalue weighted by Gasteiger charge is 2.11. The first kappa shape index (κ1) is 13.3. The number of rotatable bonds is 4. The van der Waals surface area contributed by atoms with E-state index in [1.807, 2.05) is 23.9 Å². The van der Waals surface area contributed by atoms with Gasteiger partial charge in [0.15, 0.2) is 0 Å². The minimum atomic E-state index is 0.247. The predicted molar refractivity (Wildman–Crippen MR) is 78.2 cm³/mol. The Balaban J connectivity index is 1.93. The Morgan fingerprint density at radius 1 is 1.22 bits per heavy atom. The third-order valence-corrected chi connectivity index (χ3v) is 4.38. The number of methoxy groups -OCH3 is 1. The first-order valence-corrected chi connectivity index (χ1v) is 7.42. The maximum atomic E-state index is 9.55. The molecule has 0 radical (unpaired) electrons. The minimum absolute atomic E-state index is 0.247. The number of phenolic OH excluding ortho intramolecular Hbond substituents is 1. The standard InChI is InChI=1S/C15H20O2S/c1-17-14-10-12(9-13(16)11-14)7-8-18-15-5-3-2-4-6-15/h7-11,15-16H,2-6H2,1H3/b8-7+. The second kappa shape index (κ2) is 6.74. The van der Waals surface area contributed by atoms with E-state index >= 15 is 0 Å². The molecule has 3 heteroatoms. The first-order valence-electron chi connectivity index (χ1n) is 6.48. The second-order valence-corrected chi connectivity index (χ2v) is 5.87. The molecular formula is C15H20O2S. The number of ether oxygens (including phenoxy) is 1. The SMILES string of the molecule is COc1cc(O)cc(/C=C/SC2CCCCC2)c1. The average Bonchev–Trinajstić information content (AvgIpc) is 2.39. The molecule has 98 valence electrons. The summed E-state index contributed by atoms with van der Waals surface area (Å²) in [5.74, 6) is 0.939. The topological polar surface area (TPSA) is 29.5 Å². The highest BCUT2D eigenvalue weighted by molar-refractivity contribution is 8.02. The van der Waals surface area contributed by atoms with Crippen LogP contribution in [-0.2, 0) is 0 Å². The fourth-order valence-corrected chi connectivity index (χ4v) is 3.31. The van der Waals surface area contributed by atoms with Gasteiger partial charge < -0.3 is 9.84 Å². The van der Waals surface area contributed by atoms with Gasteiger partial charge in [0.2, 0.25) is 0 Å². The molecule has 1 aliphatic rings. The van der Waals surface area contributed by atoms with E-state index in [1.165, 1.54) is 32.1 Å². The maximum absolute atomic E-state index is 9.55. The summed E-state index contributed by atoms with van der Waals surface area (Å²) < 4.78 is 5.13. The van der Waals surface area contributed by atoms with Gasteiger partial charge in [-0.3, -0.25) is 0 Å². The smallest absolute Gasteiger partial charge is 0.123 e. The lowest BCUT2D eigenvalue weighted by Gasteiger charge is -2.19. The maximum Gasteiger partial charge on any atom is 0.123 e. The van der Waals surface area contributed by atoms with Crippen molar-refractivity contribution < 1.29 is 9.84 Å². The molecule has 1 saturated carbocycles. The van der Waals surface area contributed by atoms with Gasteiger partial charge in [-0.05, 0) is 42.0 Å². The van der Waals surface area contributed by atoms with Crippen LogP contribution < -0.4 is 4.74 Å². The molecule has 1 aromatic rings. The molecule has 0 aromatic heterocycles. The van der Waals surface area contributed by atoms with Crippen LogP contribution in [0.2, 0.25) is 0 Å². The molecule has 18 heavy (non-hydrogen) atoms. The van der Waals surface area contributed by atoms with Gasteiger partial charge in [0, 0.05) is 11.3 Å². The predicted octanol–water partition coefficient (Wildman–Crippen LogP) is 4.44. The number of benzene rings is 1. The van der Waals surface area contributed by atoms with Crippen LogP contribution in [0.25, 0.3) is 6.08 Å². The zero-order valence-electron chi connectivity index (χ0n) is 10.8. The molecule has 0 bridgehead atoms. The lowest BCUT2D eigenvalue weighted by atomic mass is 10.0. The van der Waals surface area contributed by atoms with Crippen LogP contribution in [0.3, 0.4) is 0 Å². The highest BCUT2D eigenvalue weighted by Crippen LogP contribution is 2.30. The Hall–Kier alpha value is -1.09. The summed E-state index contributed by atoms with van der Waals surface area (Å²) in [6, 6.07) is 5.30. The van der Waals surface area contributed by atoms with Crippen molar-refractivity contribution in [1.29, 1.82) is 0 Å². The van der Waals surface area contributed by atoms with Gasteiger partial charge in [-0.25, -0.2) is 0 Å². The quantitative estimate of drug-likeness (QED) is 0.872. The van der Waals surface area contributed by atoms with Crippen molar-refractivity contribution >= 4 is 17.8 Å². The molecule has 0 unspecified atom stereocenters. The summed E-state index contributed by atoms with van der Waals surface area (Å²) in [5, 5.41) is 12.5.